The first-order valence-corrected chi connectivity index (χ1v) is 7.48. The van der Waals surface area contributed by atoms with E-state index in [2.05, 4.69) is 22.0 Å². The van der Waals surface area contributed by atoms with Gasteiger partial charge in [-0.15, -0.1) is 11.3 Å². The van der Waals surface area contributed by atoms with E-state index in [1.54, 1.807) is 11.3 Å². The Morgan fingerprint density at radius 3 is 2.85 bits per heavy atom. The molecule has 1 aromatic rings. The van der Waals surface area contributed by atoms with Gasteiger partial charge in [-0.2, -0.15) is 11.8 Å². The quantitative estimate of drug-likeness (QED) is 0.742. The lowest BCUT2D eigenvalue weighted by molar-refractivity contribution is 0.622. The normalized spacial score (nSPS) is 28.2. The van der Waals surface area contributed by atoms with Crippen LogP contribution in [0.15, 0.2) is 12.1 Å². The molecule has 72 valence electrons. The molecule has 0 aliphatic carbocycles. The Morgan fingerprint density at radius 2 is 2.31 bits per heavy atom. The molecule has 1 saturated heterocycles. The summed E-state index contributed by atoms with van der Waals surface area (Å²) >= 11 is 13.4. The van der Waals surface area contributed by atoms with Gasteiger partial charge in [0.15, 0.2) is 0 Å². The molecule has 0 spiro atoms. The number of rotatable bonds is 2. The van der Waals surface area contributed by atoms with Gasteiger partial charge in [-0.3, -0.25) is 0 Å². The zero-order valence-corrected chi connectivity index (χ0v) is 11.0. The molecule has 2 heterocycles. The first kappa shape index (κ1) is 10.3. The van der Waals surface area contributed by atoms with Crippen molar-refractivity contribution in [3.8, 4) is 0 Å². The lowest BCUT2D eigenvalue weighted by atomic mass is 10.0. The van der Waals surface area contributed by atoms with Crippen LogP contribution in [0.25, 0.3) is 0 Å². The molecule has 0 bridgehead atoms. The van der Waals surface area contributed by atoms with Crippen LogP contribution >= 0.6 is 50.6 Å². The second-order valence-electron chi connectivity index (χ2n) is 3.22. The summed E-state index contributed by atoms with van der Waals surface area (Å²) in [4.78, 5) is 2.11. The van der Waals surface area contributed by atoms with Crippen LogP contribution in [0.3, 0.4) is 0 Å². The lowest BCUT2D eigenvalue weighted by Gasteiger charge is -2.10. The maximum Gasteiger partial charge on any atom is 0.0931 e. The summed E-state index contributed by atoms with van der Waals surface area (Å²) in [6, 6.07) is 4.14. The second-order valence-corrected chi connectivity index (χ2v) is 7.27. The van der Waals surface area contributed by atoms with E-state index in [1.165, 1.54) is 22.8 Å². The van der Waals surface area contributed by atoms with Crippen LogP contribution in [0.4, 0.5) is 0 Å². The molecule has 0 radical (unpaired) electrons. The molecule has 1 aliphatic rings. The largest absolute Gasteiger partial charge is 0.160 e. The van der Waals surface area contributed by atoms with Crippen molar-refractivity contribution in [3.05, 3.63) is 21.3 Å². The van der Waals surface area contributed by atoms with Crippen molar-refractivity contribution in [2.45, 2.75) is 11.2 Å². The molecule has 4 heteroatoms. The van der Waals surface area contributed by atoms with Gasteiger partial charge in [-0.25, -0.2) is 0 Å². The summed E-state index contributed by atoms with van der Waals surface area (Å²) in [5.74, 6) is 3.33. The summed E-state index contributed by atoms with van der Waals surface area (Å²) in [5.41, 5.74) is 0. The average Bonchev–Trinajstić information content (AvgIpc) is 2.64. The molecular formula is C9H10BrClS2. The third-order valence-corrected chi connectivity index (χ3v) is 6.22. The van der Waals surface area contributed by atoms with Gasteiger partial charge in [-0.05, 0) is 30.2 Å². The Morgan fingerprint density at radius 1 is 1.46 bits per heavy atom. The van der Waals surface area contributed by atoms with Gasteiger partial charge in [-0.1, -0.05) is 27.5 Å². The van der Waals surface area contributed by atoms with E-state index >= 15 is 0 Å². The Balaban J connectivity index is 1.97. The second kappa shape index (κ2) is 4.56. The first-order chi connectivity index (χ1) is 6.25. The van der Waals surface area contributed by atoms with E-state index in [1.807, 2.05) is 17.8 Å². The summed E-state index contributed by atoms with van der Waals surface area (Å²) in [6.07, 6.45) is 1.18. The van der Waals surface area contributed by atoms with E-state index in [4.69, 9.17) is 11.6 Å². The predicted octanol–water partition coefficient (Wildman–Crippen LogP) is 4.07. The molecule has 1 fully saturated rings. The van der Waals surface area contributed by atoms with E-state index in [0.29, 0.717) is 4.83 Å². The number of thioether (sulfide) groups is 1. The summed E-state index contributed by atoms with van der Waals surface area (Å²) < 4.78 is 0.909. The first-order valence-electron chi connectivity index (χ1n) is 4.22. The van der Waals surface area contributed by atoms with Crippen LogP contribution in [-0.4, -0.2) is 16.3 Å². The van der Waals surface area contributed by atoms with Crippen LogP contribution in [0.2, 0.25) is 4.34 Å². The topological polar surface area (TPSA) is 0 Å². The standard InChI is InChI=1S/C9H10BrClS2/c10-8-5-12-4-6(8)3-7-1-2-9(11)13-7/h1-2,6,8H,3-5H2. The monoisotopic (exact) mass is 296 g/mol. The van der Waals surface area contributed by atoms with E-state index in [-0.39, 0.29) is 0 Å². The van der Waals surface area contributed by atoms with Gasteiger partial charge in [0, 0.05) is 15.5 Å². The molecule has 2 unspecified atom stereocenters. The van der Waals surface area contributed by atoms with Crippen LogP contribution in [0.1, 0.15) is 4.88 Å². The van der Waals surface area contributed by atoms with Crippen LogP contribution in [0, 0.1) is 5.92 Å². The molecule has 0 N–H and O–H groups in total. The van der Waals surface area contributed by atoms with E-state index in [0.717, 1.165) is 10.3 Å². The molecule has 0 nitrogen and oxygen atoms in total. The van der Waals surface area contributed by atoms with Gasteiger partial charge in [0.2, 0.25) is 0 Å². The predicted molar refractivity (Wildman–Crippen MR) is 66.6 cm³/mol. The maximum absolute atomic E-state index is 5.88. The Hall–Kier alpha value is 0.820. The highest BCUT2D eigenvalue weighted by Crippen LogP contribution is 2.34. The number of halogens is 2. The maximum atomic E-state index is 5.88. The zero-order valence-electron chi connectivity index (χ0n) is 7.00. The fraction of sp³-hybridized carbons (Fsp3) is 0.556. The minimum atomic E-state index is 0.693. The summed E-state index contributed by atoms with van der Waals surface area (Å²) in [7, 11) is 0. The molecule has 1 aromatic heterocycles. The van der Waals surface area contributed by atoms with Crippen molar-refractivity contribution in [2.75, 3.05) is 11.5 Å². The molecule has 13 heavy (non-hydrogen) atoms. The highest BCUT2D eigenvalue weighted by atomic mass is 79.9. The third kappa shape index (κ3) is 2.65. The molecule has 1 aliphatic heterocycles. The SMILES string of the molecule is Clc1ccc(CC2CSCC2Br)s1. The molecule has 0 saturated carbocycles. The zero-order chi connectivity index (χ0) is 9.26. The fourth-order valence-corrected chi connectivity index (χ4v) is 5.13. The Kier molecular flexibility index (Phi) is 3.63. The number of alkyl halides is 1. The van der Waals surface area contributed by atoms with Gasteiger partial charge < -0.3 is 0 Å². The van der Waals surface area contributed by atoms with Crippen molar-refractivity contribution in [1.29, 1.82) is 0 Å². The molecular weight excluding hydrogens is 288 g/mol. The fourth-order valence-electron chi connectivity index (χ4n) is 1.48. The minimum Gasteiger partial charge on any atom is -0.160 e. The molecule has 2 atom stereocenters. The van der Waals surface area contributed by atoms with E-state index in [9.17, 15) is 0 Å². The van der Waals surface area contributed by atoms with Gasteiger partial charge >= 0.3 is 0 Å². The van der Waals surface area contributed by atoms with Gasteiger partial charge in [0.05, 0.1) is 4.34 Å². The van der Waals surface area contributed by atoms with Gasteiger partial charge in [0.25, 0.3) is 0 Å². The Bertz CT molecular complexity index is 287. The van der Waals surface area contributed by atoms with Crippen molar-refractivity contribution >= 4 is 50.6 Å². The highest BCUT2D eigenvalue weighted by Gasteiger charge is 2.25. The summed E-state index contributed by atoms with van der Waals surface area (Å²) in [5, 5.41) is 0. The van der Waals surface area contributed by atoms with Crippen LogP contribution in [0.5, 0.6) is 0 Å². The smallest absolute Gasteiger partial charge is 0.0931 e. The highest BCUT2D eigenvalue weighted by molar-refractivity contribution is 9.09. The van der Waals surface area contributed by atoms with Crippen molar-refractivity contribution < 1.29 is 0 Å². The molecule has 0 aromatic carbocycles. The van der Waals surface area contributed by atoms with Crippen molar-refractivity contribution in [2.24, 2.45) is 5.92 Å². The number of hydrogen-bond donors (Lipinski definition) is 0. The average molecular weight is 298 g/mol. The van der Waals surface area contributed by atoms with Crippen LogP contribution < -0.4 is 0 Å². The number of thiophene rings is 1. The Labute approximate surface area is 100 Å². The number of hydrogen-bond acceptors (Lipinski definition) is 2. The van der Waals surface area contributed by atoms with Crippen molar-refractivity contribution in [3.63, 3.8) is 0 Å². The lowest BCUT2D eigenvalue weighted by Crippen LogP contribution is -2.13. The third-order valence-electron chi connectivity index (χ3n) is 2.21. The summed E-state index contributed by atoms with van der Waals surface area (Å²) in [6.45, 7) is 0. The van der Waals surface area contributed by atoms with Crippen LogP contribution in [-0.2, 0) is 6.42 Å². The van der Waals surface area contributed by atoms with E-state index < -0.39 is 0 Å². The molecule has 2 rings (SSSR count). The minimum absolute atomic E-state index is 0.693. The van der Waals surface area contributed by atoms with Crippen molar-refractivity contribution in [1.82, 2.24) is 0 Å². The molecule has 0 amide bonds. The van der Waals surface area contributed by atoms with Gasteiger partial charge in [0.1, 0.15) is 0 Å².